The molecule has 2 heterocycles. The zero-order valence-electron chi connectivity index (χ0n) is 28.9. The van der Waals surface area contributed by atoms with Crippen molar-refractivity contribution in [3.8, 4) is 17.6 Å². The van der Waals surface area contributed by atoms with Gasteiger partial charge in [-0.15, -0.1) is 0 Å². The van der Waals surface area contributed by atoms with Gasteiger partial charge in [-0.1, -0.05) is 89.8 Å². The summed E-state index contributed by atoms with van der Waals surface area (Å²) in [6, 6.07) is 9.48. The van der Waals surface area contributed by atoms with Gasteiger partial charge >= 0.3 is 0 Å². The molecular formula is C30H36Cl5N7O8S2Si. The average molecular weight is 892 g/mol. The minimum Gasteiger partial charge on any atom is -0.478 e. The molecule has 0 saturated carbocycles. The number of aromatic nitrogens is 4. The molecule has 0 aliphatic rings. The van der Waals surface area contributed by atoms with Gasteiger partial charge in [0.15, 0.2) is 5.15 Å². The van der Waals surface area contributed by atoms with Crippen molar-refractivity contribution in [3.05, 3.63) is 74.0 Å². The van der Waals surface area contributed by atoms with Gasteiger partial charge < -0.3 is 24.7 Å². The van der Waals surface area contributed by atoms with Crippen molar-refractivity contribution in [2.24, 2.45) is 5.73 Å². The predicted molar refractivity (Wildman–Crippen MR) is 209 cm³/mol. The summed E-state index contributed by atoms with van der Waals surface area (Å²) < 4.78 is 76.1. The Hall–Kier alpha value is -2.91. The fourth-order valence-electron chi connectivity index (χ4n) is 3.90. The van der Waals surface area contributed by atoms with E-state index in [1.807, 2.05) is 0 Å². The third-order valence-electron chi connectivity index (χ3n) is 6.53. The van der Waals surface area contributed by atoms with E-state index < -0.39 is 28.1 Å². The first kappa shape index (κ1) is 44.5. The van der Waals surface area contributed by atoms with Crippen LogP contribution in [0.2, 0.25) is 50.9 Å². The zero-order valence-corrected chi connectivity index (χ0v) is 35.4. The number of nitrogens with one attached hydrogen (secondary N) is 1. The Labute approximate surface area is 334 Å². The summed E-state index contributed by atoms with van der Waals surface area (Å²) in [5.74, 6) is -0.158. The van der Waals surface area contributed by atoms with Crippen LogP contribution in [0.4, 0.5) is 11.6 Å². The van der Waals surface area contributed by atoms with Crippen LogP contribution in [0.15, 0.2) is 58.6 Å². The molecule has 0 aliphatic heterocycles. The lowest BCUT2D eigenvalue weighted by molar-refractivity contribution is 0.155. The fraction of sp³-hybridized carbons (Fsp3) is 0.333. The highest BCUT2D eigenvalue weighted by Gasteiger charge is 2.32. The van der Waals surface area contributed by atoms with Crippen LogP contribution in [0.1, 0.15) is 0 Å². The highest BCUT2D eigenvalue weighted by molar-refractivity contribution is 7.93. The molecule has 0 unspecified atom stereocenters. The molecule has 290 valence electrons. The molecule has 4 rings (SSSR count). The number of hydrogen-bond donors (Lipinski definition) is 2. The van der Waals surface area contributed by atoms with Crippen LogP contribution in [-0.4, -0.2) is 85.6 Å². The van der Waals surface area contributed by atoms with Crippen molar-refractivity contribution in [1.29, 1.82) is 0 Å². The number of nitrogens with zero attached hydrogens (tertiary/aromatic N) is 5. The van der Waals surface area contributed by atoms with Crippen molar-refractivity contribution in [1.82, 2.24) is 19.9 Å². The molecule has 0 saturated heterocycles. The van der Waals surface area contributed by atoms with Gasteiger partial charge in [-0.2, -0.15) is 9.97 Å². The molecule has 2 aromatic heterocycles. The summed E-state index contributed by atoms with van der Waals surface area (Å²) in [4.78, 5) is 15.7. The van der Waals surface area contributed by atoms with Crippen molar-refractivity contribution in [2.45, 2.75) is 35.5 Å². The highest BCUT2D eigenvalue weighted by Crippen LogP contribution is 2.35. The molecular weight excluding hydrogens is 856 g/mol. The second-order valence-corrected chi connectivity index (χ2v) is 22.7. The maximum absolute atomic E-state index is 13.4. The molecule has 0 fully saturated rings. The molecule has 0 aliphatic carbocycles. The second kappa shape index (κ2) is 19.6. The number of anilines is 2. The van der Waals surface area contributed by atoms with Crippen LogP contribution in [0.5, 0.6) is 17.6 Å². The lowest BCUT2D eigenvalue weighted by Crippen LogP contribution is -2.35. The second-order valence-electron chi connectivity index (χ2n) is 11.6. The summed E-state index contributed by atoms with van der Waals surface area (Å²) in [5.41, 5.74) is 5.33. The van der Waals surface area contributed by atoms with E-state index >= 15 is 0 Å². The quantitative estimate of drug-likeness (QED) is 0.0671. The molecule has 2 aromatic carbocycles. The molecule has 0 amide bonds. The van der Waals surface area contributed by atoms with Crippen molar-refractivity contribution >= 4 is 97.8 Å². The van der Waals surface area contributed by atoms with Gasteiger partial charge in [0.1, 0.15) is 23.1 Å². The average Bonchev–Trinajstić information content (AvgIpc) is 3.09. The lowest BCUT2D eigenvalue weighted by Gasteiger charge is -2.25. The Morgan fingerprint density at radius 1 is 0.811 bits per heavy atom. The maximum Gasteiger partial charge on any atom is 0.269 e. The van der Waals surface area contributed by atoms with Gasteiger partial charge in [0.2, 0.25) is 17.5 Å². The minimum atomic E-state index is -4.19. The topological polar surface area (TPSA) is 198 Å². The molecule has 0 radical (unpaired) electrons. The number of ether oxygens (including phenoxy) is 4. The van der Waals surface area contributed by atoms with Crippen LogP contribution < -0.4 is 29.0 Å². The fourth-order valence-corrected chi connectivity index (χ4v) is 8.59. The molecule has 0 spiro atoms. The molecule has 0 bridgehead atoms. The molecule has 23 heteroatoms. The van der Waals surface area contributed by atoms with E-state index in [4.69, 9.17) is 82.7 Å². The zero-order chi connectivity index (χ0) is 39.6. The number of rotatable bonds is 16. The number of methoxy groups -OCH3 is 2. The molecule has 0 atom stereocenters. The van der Waals surface area contributed by atoms with Gasteiger partial charge in [-0.25, -0.2) is 31.1 Å². The van der Waals surface area contributed by atoms with E-state index in [9.17, 15) is 16.8 Å². The van der Waals surface area contributed by atoms with Crippen molar-refractivity contribution < 1.29 is 35.8 Å². The smallest absolute Gasteiger partial charge is 0.269 e. The van der Waals surface area contributed by atoms with Crippen LogP contribution in [0, 0.1) is 0 Å². The summed E-state index contributed by atoms with van der Waals surface area (Å²) in [6.07, 6.45) is 2.47. The Morgan fingerprint density at radius 3 is 2.00 bits per heavy atom. The minimum absolute atomic E-state index is 0.0587. The summed E-state index contributed by atoms with van der Waals surface area (Å²) in [5, 5.41) is 0.0941. The first-order valence-corrected chi connectivity index (χ1v) is 23.7. The van der Waals surface area contributed by atoms with Crippen LogP contribution in [0.25, 0.3) is 0 Å². The SMILES string of the molecule is COc1nc(Cl)cnc1N(COCC[Si](C)(C)C)S(=O)(=O)c1cccc(Cl)c1Cl.COc1nc(OCCN)cnc1NS(=O)(=O)c1cccc(Cl)c1Cl. The standard InChI is InChI=1S/C17H22Cl3N3O4SSi.C13H14Cl2N4O4S/c1-26-17-16(21-10-14(19)22-17)23(11-27-8-9-29(2,3)4)28(24,25)13-7-5-6-12(18)15(13)20;1-22-13-12(17-7-10(18-13)23-6-5-16)19-24(20,21)9-4-2-3-8(14)11(9)15/h5-7,10H,8-9,11H2,1-4H3;2-4,7H,5-6,16H2,1H3,(H,17,19). The first-order chi connectivity index (χ1) is 24.9. The molecule has 4 aromatic rings. The van der Waals surface area contributed by atoms with E-state index in [-0.39, 0.29) is 77.6 Å². The summed E-state index contributed by atoms with van der Waals surface area (Å²) in [6.45, 7) is 7.22. The van der Waals surface area contributed by atoms with Crippen LogP contribution in [-0.2, 0) is 24.8 Å². The Morgan fingerprint density at radius 2 is 1.42 bits per heavy atom. The van der Waals surface area contributed by atoms with Gasteiger partial charge in [-0.3, -0.25) is 4.72 Å². The van der Waals surface area contributed by atoms with Crippen molar-refractivity contribution in [2.75, 3.05) is 49.7 Å². The number of benzene rings is 2. The largest absolute Gasteiger partial charge is 0.478 e. The first-order valence-electron chi connectivity index (χ1n) is 15.2. The normalized spacial score (nSPS) is 11.7. The summed E-state index contributed by atoms with van der Waals surface area (Å²) in [7, 11) is -6.93. The Balaban J connectivity index is 0.000000290. The van der Waals surface area contributed by atoms with E-state index in [1.165, 1.54) is 63.0 Å². The van der Waals surface area contributed by atoms with Crippen LogP contribution >= 0.6 is 58.0 Å². The number of nitrogens with two attached hydrogens (primary N) is 1. The molecule has 15 nitrogen and oxygen atoms in total. The lowest BCUT2D eigenvalue weighted by atomic mass is 10.4. The van der Waals surface area contributed by atoms with E-state index in [0.717, 1.165) is 10.3 Å². The molecule has 53 heavy (non-hydrogen) atoms. The molecule has 3 N–H and O–H groups in total. The maximum atomic E-state index is 13.4. The van der Waals surface area contributed by atoms with Crippen LogP contribution in [0.3, 0.4) is 0 Å². The predicted octanol–water partition coefficient (Wildman–Crippen LogP) is 6.88. The summed E-state index contributed by atoms with van der Waals surface area (Å²) >= 11 is 29.8. The Bertz CT molecular complexity index is 2100. The van der Waals surface area contributed by atoms with E-state index in [1.54, 1.807) is 0 Å². The number of halogens is 5. The monoisotopic (exact) mass is 889 g/mol. The Kier molecular flexibility index (Phi) is 16.5. The number of sulfonamides is 2. The number of hydrogen-bond acceptors (Lipinski definition) is 13. The van der Waals surface area contributed by atoms with Gasteiger partial charge in [0.05, 0.1) is 46.7 Å². The van der Waals surface area contributed by atoms with E-state index in [0.29, 0.717) is 13.2 Å². The third kappa shape index (κ3) is 12.3. The third-order valence-corrected chi connectivity index (χ3v) is 13.4. The van der Waals surface area contributed by atoms with Gasteiger partial charge in [0, 0.05) is 21.2 Å². The van der Waals surface area contributed by atoms with Crippen molar-refractivity contribution in [3.63, 3.8) is 0 Å². The van der Waals surface area contributed by atoms with E-state index in [2.05, 4.69) is 44.3 Å². The van der Waals surface area contributed by atoms with Gasteiger partial charge in [0.25, 0.3) is 31.8 Å². The highest BCUT2D eigenvalue weighted by atomic mass is 35.5. The van der Waals surface area contributed by atoms with Gasteiger partial charge in [-0.05, 0) is 30.3 Å².